The molecule has 1 aliphatic rings. The third-order valence-corrected chi connectivity index (χ3v) is 4.24. The Labute approximate surface area is 116 Å². The summed E-state index contributed by atoms with van der Waals surface area (Å²) in [5.41, 5.74) is 7.53. The molecule has 2 rings (SSSR count). The van der Waals surface area contributed by atoms with E-state index in [1.54, 1.807) is 0 Å². The minimum absolute atomic E-state index is 0.0773. The SMILES string of the molecule is CC1CN(C(C)(CN)CCc2ccccc2)CCO1. The largest absolute Gasteiger partial charge is 0.376 e. The number of hydrogen-bond acceptors (Lipinski definition) is 3. The number of rotatable bonds is 5. The molecule has 0 spiro atoms. The van der Waals surface area contributed by atoms with Crippen LogP contribution in [0.1, 0.15) is 25.8 Å². The van der Waals surface area contributed by atoms with Gasteiger partial charge in [0.25, 0.3) is 0 Å². The predicted octanol–water partition coefficient (Wildman–Crippen LogP) is 2.06. The van der Waals surface area contributed by atoms with Crippen molar-refractivity contribution in [3.05, 3.63) is 35.9 Å². The minimum Gasteiger partial charge on any atom is -0.376 e. The zero-order chi connectivity index (χ0) is 13.7. The van der Waals surface area contributed by atoms with E-state index in [2.05, 4.69) is 49.1 Å². The Bertz CT molecular complexity index is 382. The van der Waals surface area contributed by atoms with Crippen molar-refractivity contribution in [2.24, 2.45) is 5.73 Å². The lowest BCUT2D eigenvalue weighted by Crippen LogP contribution is -2.57. The fourth-order valence-electron chi connectivity index (χ4n) is 2.76. The van der Waals surface area contributed by atoms with Gasteiger partial charge in [-0.25, -0.2) is 0 Å². The highest BCUT2D eigenvalue weighted by Crippen LogP contribution is 2.23. The Morgan fingerprint density at radius 1 is 1.37 bits per heavy atom. The lowest BCUT2D eigenvalue weighted by Gasteiger charge is -2.44. The van der Waals surface area contributed by atoms with Gasteiger partial charge >= 0.3 is 0 Å². The molecule has 0 aromatic heterocycles. The second kappa shape index (κ2) is 6.51. The average Bonchev–Trinajstić information content (AvgIpc) is 2.46. The number of morpholine rings is 1. The second-order valence-corrected chi connectivity index (χ2v) is 5.81. The highest BCUT2D eigenvalue weighted by atomic mass is 16.5. The van der Waals surface area contributed by atoms with E-state index in [-0.39, 0.29) is 5.54 Å². The summed E-state index contributed by atoms with van der Waals surface area (Å²) in [6, 6.07) is 10.7. The van der Waals surface area contributed by atoms with Crippen molar-refractivity contribution in [2.75, 3.05) is 26.2 Å². The molecule has 1 aromatic rings. The summed E-state index contributed by atoms with van der Waals surface area (Å²) in [4.78, 5) is 2.50. The third-order valence-electron chi connectivity index (χ3n) is 4.24. The van der Waals surface area contributed by atoms with E-state index in [4.69, 9.17) is 10.5 Å². The molecule has 0 bridgehead atoms. The number of nitrogens with zero attached hydrogens (tertiary/aromatic N) is 1. The third kappa shape index (κ3) is 3.78. The van der Waals surface area contributed by atoms with Crippen molar-refractivity contribution in [1.29, 1.82) is 0 Å². The summed E-state index contributed by atoms with van der Waals surface area (Å²) in [6.07, 6.45) is 2.50. The quantitative estimate of drug-likeness (QED) is 0.882. The van der Waals surface area contributed by atoms with Crippen molar-refractivity contribution < 1.29 is 4.74 Å². The molecular weight excluding hydrogens is 236 g/mol. The normalized spacial score (nSPS) is 24.1. The Balaban J connectivity index is 1.97. The average molecular weight is 262 g/mol. The molecule has 2 atom stereocenters. The first-order valence-electron chi connectivity index (χ1n) is 7.25. The van der Waals surface area contributed by atoms with E-state index in [0.29, 0.717) is 12.6 Å². The molecule has 1 aliphatic heterocycles. The fraction of sp³-hybridized carbons (Fsp3) is 0.625. The van der Waals surface area contributed by atoms with Crippen LogP contribution < -0.4 is 5.73 Å². The molecule has 1 saturated heterocycles. The molecule has 2 N–H and O–H groups in total. The van der Waals surface area contributed by atoms with Gasteiger partial charge in [0, 0.05) is 25.2 Å². The second-order valence-electron chi connectivity index (χ2n) is 5.81. The summed E-state index contributed by atoms with van der Waals surface area (Å²) in [5, 5.41) is 0. The highest BCUT2D eigenvalue weighted by molar-refractivity contribution is 5.15. The van der Waals surface area contributed by atoms with Crippen LogP contribution in [0.5, 0.6) is 0 Å². The number of aryl methyl sites for hydroxylation is 1. The van der Waals surface area contributed by atoms with Gasteiger partial charge in [0.2, 0.25) is 0 Å². The number of ether oxygens (including phenoxy) is 1. The standard InChI is InChI=1S/C16H26N2O/c1-14-12-18(10-11-19-14)16(2,13-17)9-8-15-6-4-3-5-7-15/h3-7,14H,8-13,17H2,1-2H3. The Hall–Kier alpha value is -0.900. The van der Waals surface area contributed by atoms with Gasteiger partial charge in [-0.2, -0.15) is 0 Å². The summed E-state index contributed by atoms with van der Waals surface area (Å²) in [6.45, 7) is 7.93. The molecule has 1 heterocycles. The first-order chi connectivity index (χ1) is 9.14. The van der Waals surface area contributed by atoms with Gasteiger partial charge in [-0.15, -0.1) is 0 Å². The molecule has 19 heavy (non-hydrogen) atoms. The number of benzene rings is 1. The van der Waals surface area contributed by atoms with E-state index < -0.39 is 0 Å². The van der Waals surface area contributed by atoms with Gasteiger partial charge in [-0.05, 0) is 32.3 Å². The van der Waals surface area contributed by atoms with Crippen LogP contribution in [0.4, 0.5) is 0 Å². The van der Waals surface area contributed by atoms with Crippen LogP contribution in [0.25, 0.3) is 0 Å². The number of hydrogen-bond donors (Lipinski definition) is 1. The fourth-order valence-corrected chi connectivity index (χ4v) is 2.76. The molecule has 3 nitrogen and oxygen atoms in total. The van der Waals surface area contributed by atoms with Crippen molar-refractivity contribution in [3.8, 4) is 0 Å². The van der Waals surface area contributed by atoms with Gasteiger partial charge in [0.1, 0.15) is 0 Å². The topological polar surface area (TPSA) is 38.5 Å². The number of nitrogens with two attached hydrogens (primary N) is 1. The molecule has 3 heteroatoms. The predicted molar refractivity (Wildman–Crippen MR) is 79.2 cm³/mol. The van der Waals surface area contributed by atoms with Gasteiger partial charge in [-0.1, -0.05) is 30.3 Å². The Morgan fingerprint density at radius 2 is 2.11 bits per heavy atom. The van der Waals surface area contributed by atoms with E-state index >= 15 is 0 Å². The van der Waals surface area contributed by atoms with Crippen LogP contribution in [0.2, 0.25) is 0 Å². The van der Waals surface area contributed by atoms with E-state index in [9.17, 15) is 0 Å². The summed E-state index contributed by atoms with van der Waals surface area (Å²) >= 11 is 0. The summed E-state index contributed by atoms with van der Waals surface area (Å²) < 4.78 is 5.63. The first-order valence-corrected chi connectivity index (χ1v) is 7.25. The molecular formula is C16H26N2O. The van der Waals surface area contributed by atoms with Crippen molar-refractivity contribution in [1.82, 2.24) is 4.90 Å². The van der Waals surface area contributed by atoms with Gasteiger partial charge in [-0.3, -0.25) is 4.90 Å². The maximum atomic E-state index is 6.06. The lowest BCUT2D eigenvalue weighted by atomic mass is 9.90. The van der Waals surface area contributed by atoms with Crippen LogP contribution in [0.15, 0.2) is 30.3 Å². The summed E-state index contributed by atoms with van der Waals surface area (Å²) in [5.74, 6) is 0. The van der Waals surface area contributed by atoms with Crippen molar-refractivity contribution in [3.63, 3.8) is 0 Å². The van der Waals surface area contributed by atoms with E-state index in [0.717, 1.165) is 32.5 Å². The molecule has 1 aromatic carbocycles. The van der Waals surface area contributed by atoms with Crippen LogP contribution in [-0.4, -0.2) is 42.8 Å². The maximum Gasteiger partial charge on any atom is 0.0674 e. The van der Waals surface area contributed by atoms with Crippen LogP contribution in [-0.2, 0) is 11.2 Å². The monoisotopic (exact) mass is 262 g/mol. The van der Waals surface area contributed by atoms with Crippen LogP contribution >= 0.6 is 0 Å². The van der Waals surface area contributed by atoms with Crippen LogP contribution in [0.3, 0.4) is 0 Å². The van der Waals surface area contributed by atoms with Crippen LogP contribution in [0, 0.1) is 0 Å². The Kier molecular flexibility index (Phi) is 4.97. The highest BCUT2D eigenvalue weighted by Gasteiger charge is 2.33. The van der Waals surface area contributed by atoms with Gasteiger partial charge < -0.3 is 10.5 Å². The molecule has 1 fully saturated rings. The zero-order valence-corrected chi connectivity index (χ0v) is 12.1. The molecule has 0 radical (unpaired) electrons. The Morgan fingerprint density at radius 3 is 2.74 bits per heavy atom. The van der Waals surface area contributed by atoms with Crippen molar-refractivity contribution in [2.45, 2.75) is 38.3 Å². The minimum atomic E-state index is 0.0773. The van der Waals surface area contributed by atoms with Gasteiger partial charge in [0.05, 0.1) is 12.7 Å². The maximum absolute atomic E-state index is 6.06. The zero-order valence-electron chi connectivity index (χ0n) is 12.1. The van der Waals surface area contributed by atoms with Crippen molar-refractivity contribution >= 4 is 0 Å². The lowest BCUT2D eigenvalue weighted by molar-refractivity contribution is -0.0580. The smallest absolute Gasteiger partial charge is 0.0674 e. The van der Waals surface area contributed by atoms with Gasteiger partial charge in [0.15, 0.2) is 0 Å². The molecule has 0 saturated carbocycles. The summed E-state index contributed by atoms with van der Waals surface area (Å²) in [7, 11) is 0. The molecule has 106 valence electrons. The first kappa shape index (κ1) is 14.5. The molecule has 0 amide bonds. The van der Waals surface area contributed by atoms with E-state index in [1.165, 1.54) is 5.56 Å². The molecule has 2 unspecified atom stereocenters. The molecule has 0 aliphatic carbocycles. The van der Waals surface area contributed by atoms with E-state index in [1.807, 2.05) is 0 Å².